The van der Waals surface area contributed by atoms with Gasteiger partial charge in [0.2, 0.25) is 15.0 Å². The SMILES string of the molecule is Cc1ccccc1CS(=O)(=O)c1ncc(Cl)c(C(=O)Nc2cccc(I)c2)n1. The number of hydrogen-bond acceptors (Lipinski definition) is 5. The number of aromatic nitrogens is 2. The largest absolute Gasteiger partial charge is 0.321 e. The van der Waals surface area contributed by atoms with Crippen LogP contribution in [0.15, 0.2) is 59.9 Å². The Morgan fingerprint density at radius 1 is 1.18 bits per heavy atom. The van der Waals surface area contributed by atoms with Gasteiger partial charge in [-0.25, -0.2) is 18.4 Å². The molecule has 0 aliphatic carbocycles. The van der Waals surface area contributed by atoms with Crippen LogP contribution >= 0.6 is 34.2 Å². The van der Waals surface area contributed by atoms with Gasteiger partial charge in [0.1, 0.15) is 0 Å². The quantitative estimate of drug-likeness (QED) is 0.395. The van der Waals surface area contributed by atoms with Crippen LogP contribution in [0.5, 0.6) is 0 Å². The summed E-state index contributed by atoms with van der Waals surface area (Å²) in [6.45, 7) is 1.83. The number of amides is 1. The van der Waals surface area contributed by atoms with E-state index in [2.05, 4.69) is 37.9 Å². The molecular formula is C19H15ClIN3O3S. The maximum atomic E-state index is 12.7. The summed E-state index contributed by atoms with van der Waals surface area (Å²) in [6.07, 6.45) is 1.13. The fourth-order valence-electron chi connectivity index (χ4n) is 2.46. The predicted octanol–water partition coefficient (Wildman–Crippen LogP) is 4.27. The Kier molecular flexibility index (Phi) is 6.31. The predicted molar refractivity (Wildman–Crippen MR) is 116 cm³/mol. The van der Waals surface area contributed by atoms with E-state index in [4.69, 9.17) is 11.6 Å². The highest BCUT2D eigenvalue weighted by atomic mass is 127. The lowest BCUT2D eigenvalue weighted by Crippen LogP contribution is -2.18. The highest BCUT2D eigenvalue weighted by Gasteiger charge is 2.23. The molecule has 0 saturated heterocycles. The van der Waals surface area contributed by atoms with Gasteiger partial charge < -0.3 is 5.32 Å². The van der Waals surface area contributed by atoms with Crippen molar-refractivity contribution >= 4 is 55.6 Å². The molecule has 3 aromatic rings. The van der Waals surface area contributed by atoms with E-state index in [-0.39, 0.29) is 16.5 Å². The van der Waals surface area contributed by atoms with Crippen molar-refractivity contribution in [2.45, 2.75) is 17.8 Å². The molecule has 0 unspecified atom stereocenters. The number of carbonyl (C=O) groups is 1. The van der Waals surface area contributed by atoms with Crippen LogP contribution in [-0.2, 0) is 15.6 Å². The standard InChI is InChI=1S/C19H15ClIN3O3S/c1-12-5-2-3-6-13(12)11-28(26,27)19-22-10-16(20)17(24-19)18(25)23-15-8-4-7-14(21)9-15/h2-10H,11H2,1H3,(H,23,25). The molecule has 0 aliphatic heterocycles. The van der Waals surface area contributed by atoms with Crippen LogP contribution in [0.1, 0.15) is 21.6 Å². The minimum Gasteiger partial charge on any atom is -0.321 e. The number of nitrogens with zero attached hydrogens (tertiary/aromatic N) is 2. The molecule has 1 amide bonds. The first kappa shape index (κ1) is 20.7. The third-order valence-corrected chi connectivity index (χ3v) is 6.30. The van der Waals surface area contributed by atoms with E-state index in [0.717, 1.165) is 15.3 Å². The molecule has 144 valence electrons. The Hall–Kier alpha value is -2.04. The van der Waals surface area contributed by atoms with Gasteiger partial charge in [0.25, 0.3) is 5.91 Å². The molecule has 0 bridgehead atoms. The minimum atomic E-state index is -3.85. The highest BCUT2D eigenvalue weighted by molar-refractivity contribution is 14.1. The van der Waals surface area contributed by atoms with Crippen LogP contribution in [0, 0.1) is 10.5 Å². The van der Waals surface area contributed by atoms with Gasteiger partial charge in [0.05, 0.1) is 17.0 Å². The number of rotatable bonds is 5. The lowest BCUT2D eigenvalue weighted by atomic mass is 10.1. The lowest BCUT2D eigenvalue weighted by Gasteiger charge is -2.09. The van der Waals surface area contributed by atoms with E-state index in [9.17, 15) is 13.2 Å². The highest BCUT2D eigenvalue weighted by Crippen LogP contribution is 2.20. The van der Waals surface area contributed by atoms with Gasteiger partial charge in [-0.05, 0) is 58.8 Å². The summed E-state index contributed by atoms with van der Waals surface area (Å²) in [5.41, 5.74) is 1.84. The zero-order chi connectivity index (χ0) is 20.3. The summed E-state index contributed by atoms with van der Waals surface area (Å²) in [7, 11) is -3.85. The number of hydrogen-bond donors (Lipinski definition) is 1. The van der Waals surface area contributed by atoms with E-state index in [1.165, 1.54) is 0 Å². The first-order valence-corrected chi connectivity index (χ1v) is 11.2. The molecule has 0 spiro atoms. The molecule has 1 aromatic heterocycles. The maximum absolute atomic E-state index is 12.7. The van der Waals surface area contributed by atoms with Crippen LogP contribution in [0.4, 0.5) is 5.69 Å². The Labute approximate surface area is 181 Å². The Bertz CT molecular complexity index is 1150. The van der Waals surface area contributed by atoms with Crippen LogP contribution < -0.4 is 5.32 Å². The normalized spacial score (nSPS) is 11.2. The fraction of sp³-hybridized carbons (Fsp3) is 0.105. The van der Waals surface area contributed by atoms with Crippen molar-refractivity contribution in [3.05, 3.63) is 80.1 Å². The van der Waals surface area contributed by atoms with E-state index < -0.39 is 20.9 Å². The second kappa shape index (κ2) is 8.54. The van der Waals surface area contributed by atoms with E-state index >= 15 is 0 Å². The maximum Gasteiger partial charge on any atom is 0.275 e. The van der Waals surface area contributed by atoms with Gasteiger partial charge in [0, 0.05) is 9.26 Å². The number of benzene rings is 2. The number of anilines is 1. The van der Waals surface area contributed by atoms with Gasteiger partial charge in [-0.1, -0.05) is 41.9 Å². The van der Waals surface area contributed by atoms with Gasteiger partial charge in [0.15, 0.2) is 5.69 Å². The van der Waals surface area contributed by atoms with Crippen molar-refractivity contribution in [3.63, 3.8) is 0 Å². The van der Waals surface area contributed by atoms with Crippen molar-refractivity contribution in [2.24, 2.45) is 0 Å². The van der Waals surface area contributed by atoms with Gasteiger partial charge >= 0.3 is 0 Å². The third-order valence-electron chi connectivity index (χ3n) is 3.90. The first-order chi connectivity index (χ1) is 13.3. The molecule has 1 heterocycles. The monoisotopic (exact) mass is 527 g/mol. The average molecular weight is 528 g/mol. The molecule has 2 aromatic carbocycles. The van der Waals surface area contributed by atoms with Crippen molar-refractivity contribution in [1.82, 2.24) is 9.97 Å². The van der Waals surface area contributed by atoms with E-state index in [1.54, 1.807) is 30.3 Å². The number of aryl methyl sites for hydroxylation is 1. The van der Waals surface area contributed by atoms with Crippen molar-refractivity contribution < 1.29 is 13.2 Å². The first-order valence-electron chi connectivity index (χ1n) is 8.13. The number of nitrogens with one attached hydrogen (secondary N) is 1. The van der Waals surface area contributed by atoms with Crippen molar-refractivity contribution in [1.29, 1.82) is 0 Å². The Morgan fingerprint density at radius 3 is 2.64 bits per heavy atom. The van der Waals surface area contributed by atoms with Crippen molar-refractivity contribution in [3.8, 4) is 0 Å². The molecule has 0 aliphatic rings. The van der Waals surface area contributed by atoms with Crippen LogP contribution in [-0.4, -0.2) is 24.3 Å². The summed E-state index contributed by atoms with van der Waals surface area (Å²) >= 11 is 8.16. The molecule has 6 nitrogen and oxygen atoms in total. The van der Waals surface area contributed by atoms with E-state index in [1.807, 2.05) is 25.1 Å². The molecular weight excluding hydrogens is 513 g/mol. The van der Waals surface area contributed by atoms with Crippen LogP contribution in [0.2, 0.25) is 5.02 Å². The summed E-state index contributed by atoms with van der Waals surface area (Å²) in [5.74, 6) is -0.874. The lowest BCUT2D eigenvalue weighted by molar-refractivity contribution is 0.102. The Balaban J connectivity index is 1.90. The fourth-order valence-corrected chi connectivity index (χ4v) is 4.48. The summed E-state index contributed by atoms with van der Waals surface area (Å²) in [5, 5.41) is 2.20. The number of carbonyl (C=O) groups excluding carboxylic acids is 1. The molecule has 0 atom stereocenters. The summed E-state index contributed by atoms with van der Waals surface area (Å²) in [4.78, 5) is 20.3. The second-order valence-corrected chi connectivity index (χ2v) is 9.54. The number of halogens is 2. The zero-order valence-corrected chi connectivity index (χ0v) is 18.4. The summed E-state index contributed by atoms with van der Waals surface area (Å²) in [6, 6.07) is 14.3. The third kappa shape index (κ3) is 4.86. The molecule has 1 N–H and O–H groups in total. The van der Waals surface area contributed by atoms with Gasteiger partial charge in [-0.15, -0.1) is 0 Å². The average Bonchev–Trinajstić information content (AvgIpc) is 2.63. The van der Waals surface area contributed by atoms with Gasteiger partial charge in [-0.2, -0.15) is 0 Å². The molecule has 0 saturated carbocycles. The summed E-state index contributed by atoms with van der Waals surface area (Å²) < 4.78 is 26.4. The topological polar surface area (TPSA) is 89.0 Å². The Morgan fingerprint density at radius 2 is 1.93 bits per heavy atom. The van der Waals surface area contributed by atoms with Crippen LogP contribution in [0.25, 0.3) is 0 Å². The van der Waals surface area contributed by atoms with Gasteiger partial charge in [-0.3, -0.25) is 4.79 Å². The molecule has 0 fully saturated rings. The minimum absolute atomic E-state index is 0.0297. The number of sulfone groups is 1. The molecule has 28 heavy (non-hydrogen) atoms. The van der Waals surface area contributed by atoms with Crippen LogP contribution in [0.3, 0.4) is 0 Å². The second-order valence-electron chi connectivity index (χ2n) is 6.00. The smallest absolute Gasteiger partial charge is 0.275 e. The zero-order valence-electron chi connectivity index (χ0n) is 14.7. The van der Waals surface area contributed by atoms with Crippen molar-refractivity contribution in [2.75, 3.05) is 5.32 Å². The molecule has 9 heteroatoms. The molecule has 0 radical (unpaired) electrons. The molecule has 3 rings (SSSR count). The van der Waals surface area contributed by atoms with E-state index in [0.29, 0.717) is 11.3 Å².